The van der Waals surface area contributed by atoms with Crippen LogP contribution in [0.3, 0.4) is 0 Å². The summed E-state index contributed by atoms with van der Waals surface area (Å²) >= 11 is -0.222. The van der Waals surface area contributed by atoms with Crippen LogP contribution in [0.4, 0.5) is 0 Å². The molecular formula is C21H19NO3Se. The number of hydrogen-bond acceptors (Lipinski definition) is 4. The van der Waals surface area contributed by atoms with Crippen molar-refractivity contribution in [3.05, 3.63) is 75.4 Å². The Balaban J connectivity index is 1.82. The maximum atomic E-state index is 13.3. The molecule has 2 aromatic carbocycles. The van der Waals surface area contributed by atoms with E-state index in [4.69, 9.17) is 4.74 Å². The molecule has 26 heavy (non-hydrogen) atoms. The summed E-state index contributed by atoms with van der Waals surface area (Å²) in [6.07, 6.45) is 0. The average Bonchev–Trinajstić information content (AvgIpc) is 2.67. The van der Waals surface area contributed by atoms with Crippen molar-refractivity contribution in [3.8, 4) is 0 Å². The predicted octanol–water partition coefficient (Wildman–Crippen LogP) is 1.95. The van der Waals surface area contributed by atoms with Gasteiger partial charge in [0, 0.05) is 0 Å². The van der Waals surface area contributed by atoms with E-state index in [1.807, 2.05) is 42.2 Å². The molecule has 0 amide bonds. The van der Waals surface area contributed by atoms with Gasteiger partial charge in [0.05, 0.1) is 0 Å². The standard InChI is InChI=1S/C21H19NO3Se/c1-14-5-4-6-15(13-14)26-21-18(22-9-11-25-12-10-22)19(23)16-7-2-3-8-17(16)20(21)24/h2-8,13H,9-12H2,1H3. The average molecular weight is 412 g/mol. The van der Waals surface area contributed by atoms with Crippen molar-refractivity contribution < 1.29 is 14.3 Å². The molecule has 0 radical (unpaired) electrons. The Morgan fingerprint density at radius 3 is 2.31 bits per heavy atom. The molecule has 4 rings (SSSR count). The molecule has 0 N–H and O–H groups in total. The van der Waals surface area contributed by atoms with Gasteiger partial charge >= 0.3 is 159 Å². The van der Waals surface area contributed by atoms with E-state index in [2.05, 4.69) is 6.07 Å². The Hall–Kier alpha value is -2.20. The van der Waals surface area contributed by atoms with Crippen LogP contribution < -0.4 is 4.46 Å². The summed E-state index contributed by atoms with van der Waals surface area (Å²) in [5.74, 6) is -0.0465. The van der Waals surface area contributed by atoms with E-state index < -0.39 is 0 Å². The van der Waals surface area contributed by atoms with Gasteiger partial charge in [-0.25, -0.2) is 0 Å². The number of carbonyl (C=O) groups is 2. The van der Waals surface area contributed by atoms with Gasteiger partial charge in [-0.15, -0.1) is 0 Å². The van der Waals surface area contributed by atoms with E-state index in [1.165, 1.54) is 0 Å². The molecular weight excluding hydrogens is 393 g/mol. The third-order valence-corrected chi connectivity index (χ3v) is 6.84. The molecule has 0 atom stereocenters. The Labute approximate surface area is 159 Å². The molecule has 1 heterocycles. The SMILES string of the molecule is Cc1cccc([Se]C2=C(N3CCOCC3)C(=O)c3ccccc3C2=O)c1. The molecule has 2 aromatic rings. The molecule has 1 aliphatic heterocycles. The summed E-state index contributed by atoms with van der Waals surface area (Å²) in [7, 11) is 0. The molecule has 2 aliphatic rings. The first-order valence-electron chi connectivity index (χ1n) is 8.65. The molecule has 4 nitrogen and oxygen atoms in total. The van der Waals surface area contributed by atoms with Crippen molar-refractivity contribution >= 4 is 31.0 Å². The van der Waals surface area contributed by atoms with Gasteiger partial charge in [-0.2, -0.15) is 0 Å². The number of carbonyl (C=O) groups excluding carboxylic acids is 2. The molecule has 0 aromatic heterocycles. The monoisotopic (exact) mass is 413 g/mol. The number of ether oxygens (including phenoxy) is 1. The predicted molar refractivity (Wildman–Crippen MR) is 101 cm³/mol. The fourth-order valence-electron chi connectivity index (χ4n) is 3.31. The van der Waals surface area contributed by atoms with Gasteiger partial charge in [0.2, 0.25) is 0 Å². The Bertz CT molecular complexity index is 913. The number of morpholine rings is 1. The zero-order valence-electron chi connectivity index (χ0n) is 14.5. The number of benzene rings is 2. The minimum atomic E-state index is -0.222. The van der Waals surface area contributed by atoms with Crippen LogP contribution in [-0.2, 0) is 4.74 Å². The molecule has 132 valence electrons. The fourth-order valence-corrected chi connectivity index (χ4v) is 5.71. The number of Topliss-reactive ketones (excluding diaryl/α,β-unsaturated/α-hetero) is 2. The Morgan fingerprint density at radius 2 is 1.62 bits per heavy atom. The number of aryl methyl sites for hydroxylation is 1. The quantitative estimate of drug-likeness (QED) is 0.724. The summed E-state index contributed by atoms with van der Waals surface area (Å²) in [5, 5.41) is 0. The van der Waals surface area contributed by atoms with Crippen LogP contribution in [0.15, 0.2) is 58.7 Å². The van der Waals surface area contributed by atoms with Crippen molar-refractivity contribution in [1.29, 1.82) is 0 Å². The summed E-state index contributed by atoms with van der Waals surface area (Å²) in [6, 6.07) is 15.3. The van der Waals surface area contributed by atoms with E-state index >= 15 is 0 Å². The molecule has 1 saturated heterocycles. The first kappa shape index (κ1) is 17.2. The van der Waals surface area contributed by atoms with Crippen LogP contribution in [-0.4, -0.2) is 57.7 Å². The fraction of sp³-hybridized carbons (Fsp3) is 0.238. The van der Waals surface area contributed by atoms with Crippen molar-refractivity contribution in [1.82, 2.24) is 4.90 Å². The second-order valence-electron chi connectivity index (χ2n) is 6.40. The number of hydrogen-bond donors (Lipinski definition) is 0. The van der Waals surface area contributed by atoms with Crippen molar-refractivity contribution in [2.45, 2.75) is 6.92 Å². The Morgan fingerprint density at radius 1 is 0.923 bits per heavy atom. The van der Waals surface area contributed by atoms with Crippen LogP contribution in [0, 0.1) is 6.92 Å². The maximum absolute atomic E-state index is 13.3. The van der Waals surface area contributed by atoms with Crippen LogP contribution in [0.1, 0.15) is 26.3 Å². The molecule has 0 bridgehead atoms. The van der Waals surface area contributed by atoms with E-state index in [0.717, 1.165) is 10.0 Å². The van der Waals surface area contributed by atoms with Gasteiger partial charge in [0.1, 0.15) is 0 Å². The van der Waals surface area contributed by atoms with Crippen molar-refractivity contribution in [3.63, 3.8) is 0 Å². The molecule has 0 spiro atoms. The summed E-state index contributed by atoms with van der Waals surface area (Å²) in [6.45, 7) is 4.49. The first-order valence-corrected chi connectivity index (χ1v) is 10.4. The summed E-state index contributed by atoms with van der Waals surface area (Å²) in [5.41, 5.74) is 2.79. The van der Waals surface area contributed by atoms with Gasteiger partial charge in [-0.1, -0.05) is 0 Å². The van der Waals surface area contributed by atoms with Crippen LogP contribution in [0.2, 0.25) is 0 Å². The van der Waals surface area contributed by atoms with Crippen LogP contribution in [0.25, 0.3) is 0 Å². The minimum absolute atomic E-state index is 0.0109. The number of nitrogens with zero attached hydrogens (tertiary/aromatic N) is 1. The second-order valence-corrected chi connectivity index (χ2v) is 8.67. The van der Waals surface area contributed by atoms with Crippen molar-refractivity contribution in [2.75, 3.05) is 26.3 Å². The van der Waals surface area contributed by atoms with Gasteiger partial charge in [-0.3, -0.25) is 0 Å². The third kappa shape index (κ3) is 3.14. The number of fused-ring (bicyclic) bond motifs is 1. The first-order chi connectivity index (χ1) is 12.6. The summed E-state index contributed by atoms with van der Waals surface area (Å²) in [4.78, 5) is 28.5. The van der Waals surface area contributed by atoms with Crippen LogP contribution in [0.5, 0.6) is 0 Å². The second kappa shape index (κ2) is 7.20. The van der Waals surface area contributed by atoms with Gasteiger partial charge in [0.25, 0.3) is 0 Å². The van der Waals surface area contributed by atoms with E-state index in [0.29, 0.717) is 47.6 Å². The zero-order chi connectivity index (χ0) is 18.1. The third-order valence-electron chi connectivity index (χ3n) is 4.59. The summed E-state index contributed by atoms with van der Waals surface area (Å²) < 4.78 is 7.21. The normalized spacial score (nSPS) is 17.5. The van der Waals surface area contributed by atoms with E-state index in [9.17, 15) is 9.59 Å². The topological polar surface area (TPSA) is 46.6 Å². The Kier molecular flexibility index (Phi) is 4.77. The van der Waals surface area contributed by atoms with Crippen LogP contribution >= 0.6 is 0 Å². The van der Waals surface area contributed by atoms with Gasteiger partial charge in [-0.05, 0) is 0 Å². The van der Waals surface area contributed by atoms with Gasteiger partial charge in [0.15, 0.2) is 0 Å². The van der Waals surface area contributed by atoms with Crippen molar-refractivity contribution in [2.24, 2.45) is 0 Å². The number of rotatable bonds is 3. The number of ketones is 2. The molecule has 0 saturated carbocycles. The van der Waals surface area contributed by atoms with E-state index in [-0.39, 0.29) is 26.5 Å². The van der Waals surface area contributed by atoms with E-state index in [1.54, 1.807) is 12.1 Å². The zero-order valence-corrected chi connectivity index (χ0v) is 16.2. The molecule has 1 fully saturated rings. The number of allylic oxidation sites excluding steroid dienone is 2. The van der Waals surface area contributed by atoms with Gasteiger partial charge < -0.3 is 0 Å². The molecule has 5 heteroatoms. The molecule has 1 aliphatic carbocycles. The molecule has 0 unspecified atom stereocenters.